The Kier molecular flexibility index (Phi) is 4.34. The van der Waals surface area contributed by atoms with Gasteiger partial charge in [0.15, 0.2) is 5.82 Å². The molecule has 22 heavy (non-hydrogen) atoms. The van der Waals surface area contributed by atoms with Crippen molar-refractivity contribution in [2.45, 2.75) is 19.6 Å². The second-order valence-corrected chi connectivity index (χ2v) is 4.38. The summed E-state index contributed by atoms with van der Waals surface area (Å²) < 4.78 is 47.9. The molecule has 0 atom stereocenters. The highest BCUT2D eigenvalue weighted by Crippen LogP contribution is 2.32. The van der Waals surface area contributed by atoms with Crippen molar-refractivity contribution in [3.8, 4) is 0 Å². The molecule has 6 nitrogen and oxygen atoms in total. The molecule has 0 saturated heterocycles. The summed E-state index contributed by atoms with van der Waals surface area (Å²) in [5.74, 6) is -0.228. The van der Waals surface area contributed by atoms with Crippen LogP contribution in [-0.2, 0) is 17.5 Å². The highest BCUT2D eigenvalue weighted by atomic mass is 19.4. The summed E-state index contributed by atoms with van der Waals surface area (Å²) >= 11 is 0. The Hall–Kier alpha value is -2.58. The van der Waals surface area contributed by atoms with E-state index in [9.17, 15) is 18.0 Å². The van der Waals surface area contributed by atoms with Gasteiger partial charge < -0.3 is 14.6 Å². The van der Waals surface area contributed by atoms with Crippen molar-refractivity contribution in [3.05, 3.63) is 41.0 Å². The molecule has 0 spiro atoms. The molecule has 0 aliphatic heterocycles. The number of carbonyl (C=O) groups is 1. The first kappa shape index (κ1) is 15.8. The van der Waals surface area contributed by atoms with E-state index in [4.69, 9.17) is 4.52 Å². The van der Waals surface area contributed by atoms with Crippen molar-refractivity contribution >= 4 is 11.7 Å². The Morgan fingerprint density at radius 2 is 2.09 bits per heavy atom. The molecule has 0 aliphatic rings. The van der Waals surface area contributed by atoms with Crippen molar-refractivity contribution in [2.75, 3.05) is 12.4 Å². The maximum absolute atomic E-state index is 12.9. The number of methoxy groups -OCH3 is 1. The van der Waals surface area contributed by atoms with Crippen molar-refractivity contribution < 1.29 is 27.2 Å². The fourth-order valence-corrected chi connectivity index (χ4v) is 1.72. The van der Waals surface area contributed by atoms with E-state index in [0.717, 1.165) is 19.2 Å². The number of alkyl halides is 3. The van der Waals surface area contributed by atoms with Crippen LogP contribution in [0.5, 0.6) is 0 Å². The van der Waals surface area contributed by atoms with Crippen LogP contribution in [0.2, 0.25) is 0 Å². The zero-order valence-corrected chi connectivity index (χ0v) is 11.7. The summed E-state index contributed by atoms with van der Waals surface area (Å²) in [7, 11) is 1.09. The van der Waals surface area contributed by atoms with E-state index in [2.05, 4.69) is 20.2 Å². The normalized spacial score (nSPS) is 11.3. The van der Waals surface area contributed by atoms with Crippen LogP contribution in [0.4, 0.5) is 18.9 Å². The standard InChI is InChI=1S/C13H12F3N3O3/c1-7-18-11(22-19-7)6-17-10-4-8(12(20)21-2)3-9(5-10)13(14,15)16/h3-5,17H,6H2,1-2H3. The number of nitrogens with zero attached hydrogens (tertiary/aromatic N) is 2. The van der Waals surface area contributed by atoms with Crippen LogP contribution in [-0.4, -0.2) is 23.2 Å². The minimum atomic E-state index is -4.58. The van der Waals surface area contributed by atoms with Gasteiger partial charge in [0.25, 0.3) is 0 Å². The number of hydrogen-bond donors (Lipinski definition) is 1. The number of nitrogens with one attached hydrogen (secondary N) is 1. The number of benzene rings is 1. The first-order valence-electron chi connectivity index (χ1n) is 6.13. The summed E-state index contributed by atoms with van der Waals surface area (Å²) in [4.78, 5) is 15.4. The molecular formula is C13H12F3N3O3. The summed E-state index contributed by atoms with van der Waals surface area (Å²) in [6.07, 6.45) is -4.58. The molecule has 1 aromatic carbocycles. The van der Waals surface area contributed by atoms with Crippen molar-refractivity contribution in [3.63, 3.8) is 0 Å². The number of rotatable bonds is 4. The molecule has 9 heteroatoms. The number of anilines is 1. The van der Waals surface area contributed by atoms with Gasteiger partial charge in [0.05, 0.1) is 24.8 Å². The van der Waals surface area contributed by atoms with Gasteiger partial charge in [0.1, 0.15) is 0 Å². The largest absolute Gasteiger partial charge is 0.465 e. The SMILES string of the molecule is COC(=O)c1cc(NCc2nc(C)no2)cc(C(F)(F)F)c1. The Balaban J connectivity index is 2.27. The molecule has 2 aromatic rings. The van der Waals surface area contributed by atoms with Crippen LogP contribution in [0.15, 0.2) is 22.7 Å². The maximum atomic E-state index is 12.9. The molecular weight excluding hydrogens is 303 g/mol. The lowest BCUT2D eigenvalue weighted by Crippen LogP contribution is -2.10. The van der Waals surface area contributed by atoms with Crippen molar-refractivity contribution in [1.82, 2.24) is 10.1 Å². The summed E-state index contributed by atoms with van der Waals surface area (Å²) in [6, 6.07) is 2.87. The van der Waals surface area contributed by atoms with Crippen LogP contribution in [0.3, 0.4) is 0 Å². The quantitative estimate of drug-likeness (QED) is 0.874. The predicted octanol–water partition coefficient (Wildman–Crippen LogP) is 2.80. The van der Waals surface area contributed by atoms with E-state index in [1.165, 1.54) is 6.07 Å². The van der Waals surface area contributed by atoms with E-state index >= 15 is 0 Å². The number of hydrogen-bond acceptors (Lipinski definition) is 6. The molecule has 0 bridgehead atoms. The van der Waals surface area contributed by atoms with Crippen LogP contribution in [0.25, 0.3) is 0 Å². The average molecular weight is 315 g/mol. The fourth-order valence-electron chi connectivity index (χ4n) is 1.72. The third-order valence-electron chi connectivity index (χ3n) is 2.69. The van der Waals surface area contributed by atoms with E-state index in [0.29, 0.717) is 5.82 Å². The molecule has 2 rings (SSSR count). The third-order valence-corrected chi connectivity index (χ3v) is 2.69. The van der Waals surface area contributed by atoms with Gasteiger partial charge in [-0.1, -0.05) is 5.16 Å². The molecule has 1 heterocycles. The molecule has 0 unspecified atom stereocenters. The zero-order valence-electron chi connectivity index (χ0n) is 11.7. The van der Waals surface area contributed by atoms with Crippen LogP contribution >= 0.6 is 0 Å². The van der Waals surface area contributed by atoms with Gasteiger partial charge in [-0.2, -0.15) is 18.2 Å². The topological polar surface area (TPSA) is 77.2 Å². The lowest BCUT2D eigenvalue weighted by molar-refractivity contribution is -0.137. The van der Waals surface area contributed by atoms with Gasteiger partial charge in [-0.05, 0) is 25.1 Å². The molecule has 1 N–H and O–H groups in total. The monoisotopic (exact) mass is 315 g/mol. The predicted molar refractivity (Wildman–Crippen MR) is 69.1 cm³/mol. The second kappa shape index (κ2) is 6.04. The van der Waals surface area contributed by atoms with E-state index in [1.807, 2.05) is 0 Å². The Morgan fingerprint density at radius 1 is 1.36 bits per heavy atom. The molecule has 0 radical (unpaired) electrons. The fraction of sp³-hybridized carbons (Fsp3) is 0.308. The van der Waals surface area contributed by atoms with Crippen LogP contribution in [0.1, 0.15) is 27.6 Å². The van der Waals surface area contributed by atoms with Gasteiger partial charge in [-0.25, -0.2) is 4.79 Å². The molecule has 118 valence electrons. The summed E-state index contributed by atoms with van der Waals surface area (Å²) in [6.45, 7) is 1.65. The first-order chi connectivity index (χ1) is 10.3. The van der Waals surface area contributed by atoms with E-state index in [1.54, 1.807) is 6.92 Å². The third kappa shape index (κ3) is 3.74. The van der Waals surface area contributed by atoms with Gasteiger partial charge in [-0.15, -0.1) is 0 Å². The number of ether oxygens (including phenoxy) is 1. The van der Waals surface area contributed by atoms with E-state index < -0.39 is 17.7 Å². The van der Waals surface area contributed by atoms with Crippen LogP contribution in [0, 0.1) is 6.92 Å². The molecule has 0 saturated carbocycles. The lowest BCUT2D eigenvalue weighted by Gasteiger charge is -2.12. The van der Waals surface area contributed by atoms with Gasteiger partial charge in [0, 0.05) is 5.69 Å². The van der Waals surface area contributed by atoms with E-state index in [-0.39, 0.29) is 23.7 Å². The smallest absolute Gasteiger partial charge is 0.416 e. The molecule has 1 aromatic heterocycles. The number of esters is 1. The first-order valence-corrected chi connectivity index (χ1v) is 6.13. The number of carbonyl (C=O) groups excluding carboxylic acids is 1. The summed E-state index contributed by atoms with van der Waals surface area (Å²) in [5.41, 5.74) is -1.08. The zero-order chi connectivity index (χ0) is 16.3. The number of halogens is 3. The van der Waals surface area contributed by atoms with Crippen molar-refractivity contribution in [2.24, 2.45) is 0 Å². The second-order valence-electron chi connectivity index (χ2n) is 4.38. The number of aryl methyl sites for hydroxylation is 1. The maximum Gasteiger partial charge on any atom is 0.416 e. The highest BCUT2D eigenvalue weighted by Gasteiger charge is 2.32. The molecule has 0 aliphatic carbocycles. The minimum absolute atomic E-state index is 0.0305. The average Bonchev–Trinajstić information content (AvgIpc) is 2.88. The minimum Gasteiger partial charge on any atom is -0.465 e. The van der Waals surface area contributed by atoms with Crippen molar-refractivity contribution in [1.29, 1.82) is 0 Å². The van der Waals surface area contributed by atoms with Gasteiger partial charge in [-0.3, -0.25) is 0 Å². The Labute approximate surface area is 123 Å². The van der Waals surface area contributed by atoms with Crippen LogP contribution < -0.4 is 5.32 Å². The molecule has 0 amide bonds. The summed E-state index contributed by atoms with van der Waals surface area (Å²) in [5, 5.41) is 6.27. The highest BCUT2D eigenvalue weighted by molar-refractivity contribution is 5.90. The number of aromatic nitrogens is 2. The Bertz CT molecular complexity index is 683. The lowest BCUT2D eigenvalue weighted by atomic mass is 10.1. The van der Waals surface area contributed by atoms with Gasteiger partial charge in [0.2, 0.25) is 5.89 Å². The van der Waals surface area contributed by atoms with Gasteiger partial charge >= 0.3 is 12.1 Å². The molecule has 0 fully saturated rings. The Morgan fingerprint density at radius 3 is 2.64 bits per heavy atom.